The zero-order valence-corrected chi connectivity index (χ0v) is 13.6. The molecule has 0 aliphatic heterocycles. The number of methoxy groups -OCH3 is 1. The molecule has 0 aliphatic carbocycles. The number of carbonyl (C=O) groups excluding carboxylic acids is 2. The molecule has 8 heteroatoms. The van der Waals surface area contributed by atoms with Crippen LogP contribution in [0.4, 0.5) is 10.5 Å². The highest BCUT2D eigenvalue weighted by molar-refractivity contribution is 7.16. The first-order chi connectivity index (χ1) is 11.7. The van der Waals surface area contributed by atoms with E-state index in [1.54, 1.807) is 23.7 Å². The van der Waals surface area contributed by atoms with Gasteiger partial charge in [0.2, 0.25) is 0 Å². The Morgan fingerprint density at radius 3 is 2.92 bits per heavy atom. The van der Waals surface area contributed by atoms with E-state index in [2.05, 4.69) is 25.3 Å². The number of thiazole rings is 1. The molecule has 0 unspecified atom stereocenters. The van der Waals surface area contributed by atoms with Crippen molar-refractivity contribution in [3.05, 3.63) is 53.3 Å². The Labute approximate surface area is 141 Å². The van der Waals surface area contributed by atoms with Gasteiger partial charge >= 0.3 is 6.09 Å². The van der Waals surface area contributed by atoms with Crippen LogP contribution in [0.5, 0.6) is 0 Å². The number of amides is 2. The van der Waals surface area contributed by atoms with E-state index in [0.29, 0.717) is 16.9 Å². The van der Waals surface area contributed by atoms with Gasteiger partial charge in [-0.3, -0.25) is 9.78 Å². The van der Waals surface area contributed by atoms with E-state index >= 15 is 0 Å². The highest BCUT2D eigenvalue weighted by atomic mass is 32.1. The highest BCUT2D eigenvalue weighted by Crippen LogP contribution is 2.22. The summed E-state index contributed by atoms with van der Waals surface area (Å²) in [5.41, 5.74) is 4.38. The number of benzene rings is 1. The molecule has 122 valence electrons. The van der Waals surface area contributed by atoms with Crippen LogP contribution in [0.25, 0.3) is 10.2 Å². The molecular weight excluding hydrogens is 328 g/mol. The number of hydrogen-bond donors (Lipinski definition) is 2. The molecule has 2 heterocycles. The third-order valence-corrected chi connectivity index (χ3v) is 4.06. The Morgan fingerprint density at radius 2 is 2.08 bits per heavy atom. The molecule has 2 aromatic heterocycles. The predicted octanol–water partition coefficient (Wildman–Crippen LogP) is 2.80. The number of pyridine rings is 1. The zero-order valence-electron chi connectivity index (χ0n) is 12.8. The van der Waals surface area contributed by atoms with E-state index < -0.39 is 6.09 Å². The minimum atomic E-state index is -0.551. The number of aromatic nitrogens is 2. The monoisotopic (exact) mass is 342 g/mol. The summed E-state index contributed by atoms with van der Waals surface area (Å²) in [5, 5.41) is 5.36. The first-order valence-corrected chi connectivity index (χ1v) is 7.95. The van der Waals surface area contributed by atoms with Gasteiger partial charge in [0, 0.05) is 17.4 Å². The molecule has 0 spiro atoms. The average molecular weight is 342 g/mol. The number of anilines is 1. The molecule has 2 N–H and O–H groups in total. The van der Waals surface area contributed by atoms with Crippen molar-refractivity contribution < 1.29 is 14.3 Å². The zero-order chi connectivity index (χ0) is 16.9. The first kappa shape index (κ1) is 15.9. The summed E-state index contributed by atoms with van der Waals surface area (Å²) in [7, 11) is 1.28. The van der Waals surface area contributed by atoms with Crippen LogP contribution in [0.15, 0.2) is 42.0 Å². The number of ether oxygens (including phenoxy) is 1. The Hall–Kier alpha value is -3.00. The standard InChI is InChI=1S/C16H14N4O3S/c1-23-16(22)18-8-12-6-10(4-5-17-12)15(21)20-11-2-3-13-14(7-11)24-9-19-13/h2-7,9H,8H2,1H3,(H,18,22)(H,20,21). The van der Waals surface area contributed by atoms with Crippen molar-refractivity contribution in [2.24, 2.45) is 0 Å². The molecule has 24 heavy (non-hydrogen) atoms. The van der Waals surface area contributed by atoms with E-state index in [-0.39, 0.29) is 12.5 Å². The van der Waals surface area contributed by atoms with Crippen LogP contribution >= 0.6 is 11.3 Å². The second kappa shape index (κ2) is 7.05. The lowest BCUT2D eigenvalue weighted by atomic mass is 10.2. The summed E-state index contributed by atoms with van der Waals surface area (Å²) >= 11 is 1.51. The van der Waals surface area contributed by atoms with Gasteiger partial charge in [0.1, 0.15) is 0 Å². The number of hydrogen-bond acceptors (Lipinski definition) is 6. The number of fused-ring (bicyclic) bond motifs is 1. The van der Waals surface area contributed by atoms with Crippen LogP contribution in [0.2, 0.25) is 0 Å². The smallest absolute Gasteiger partial charge is 0.407 e. The number of alkyl carbamates (subject to hydrolysis) is 1. The van der Waals surface area contributed by atoms with Gasteiger partial charge in [-0.05, 0) is 30.3 Å². The van der Waals surface area contributed by atoms with Crippen molar-refractivity contribution in [2.45, 2.75) is 6.54 Å². The maximum atomic E-state index is 12.4. The molecule has 0 radical (unpaired) electrons. The fourth-order valence-electron chi connectivity index (χ4n) is 2.09. The average Bonchev–Trinajstić information content (AvgIpc) is 3.07. The molecule has 3 rings (SSSR count). The predicted molar refractivity (Wildman–Crippen MR) is 91.1 cm³/mol. The summed E-state index contributed by atoms with van der Waals surface area (Å²) in [4.78, 5) is 31.8. The molecule has 1 aromatic carbocycles. The Kier molecular flexibility index (Phi) is 4.66. The Bertz CT molecular complexity index is 894. The quantitative estimate of drug-likeness (QED) is 0.760. The summed E-state index contributed by atoms with van der Waals surface area (Å²) in [6.07, 6.45) is 0.972. The van der Waals surface area contributed by atoms with Gasteiger partial charge < -0.3 is 15.4 Å². The molecule has 0 fully saturated rings. The minimum absolute atomic E-state index is 0.181. The fourth-order valence-corrected chi connectivity index (χ4v) is 2.80. The lowest BCUT2D eigenvalue weighted by molar-refractivity contribution is 0.102. The van der Waals surface area contributed by atoms with E-state index in [4.69, 9.17) is 0 Å². The molecule has 3 aromatic rings. The maximum Gasteiger partial charge on any atom is 0.407 e. The van der Waals surface area contributed by atoms with Gasteiger partial charge in [0.05, 0.1) is 35.1 Å². The molecule has 2 amide bonds. The lowest BCUT2D eigenvalue weighted by Gasteiger charge is -2.07. The van der Waals surface area contributed by atoms with E-state index in [1.807, 2.05) is 12.1 Å². The first-order valence-electron chi connectivity index (χ1n) is 7.07. The molecule has 0 saturated heterocycles. The van der Waals surface area contributed by atoms with Crippen LogP contribution in [0, 0.1) is 0 Å². The second-order valence-electron chi connectivity index (χ2n) is 4.87. The van der Waals surface area contributed by atoms with Crippen molar-refractivity contribution in [3.8, 4) is 0 Å². The van der Waals surface area contributed by atoms with Crippen molar-refractivity contribution in [2.75, 3.05) is 12.4 Å². The van der Waals surface area contributed by atoms with Crippen molar-refractivity contribution in [1.29, 1.82) is 0 Å². The Balaban J connectivity index is 1.71. The fraction of sp³-hybridized carbons (Fsp3) is 0.125. The van der Waals surface area contributed by atoms with Gasteiger partial charge in [0.25, 0.3) is 5.91 Å². The molecule has 0 aliphatic rings. The van der Waals surface area contributed by atoms with Crippen LogP contribution < -0.4 is 10.6 Å². The lowest BCUT2D eigenvalue weighted by Crippen LogP contribution is -2.23. The van der Waals surface area contributed by atoms with E-state index in [9.17, 15) is 9.59 Å². The van der Waals surface area contributed by atoms with E-state index in [1.165, 1.54) is 24.6 Å². The molecule has 0 bridgehead atoms. The van der Waals surface area contributed by atoms with Gasteiger partial charge in [0.15, 0.2) is 0 Å². The third kappa shape index (κ3) is 3.66. The van der Waals surface area contributed by atoms with Crippen LogP contribution in [0.1, 0.15) is 16.1 Å². The SMILES string of the molecule is COC(=O)NCc1cc(C(=O)Nc2ccc3ncsc3c2)ccn1. The van der Waals surface area contributed by atoms with E-state index in [0.717, 1.165) is 10.2 Å². The maximum absolute atomic E-state index is 12.4. The second-order valence-corrected chi connectivity index (χ2v) is 5.76. The van der Waals surface area contributed by atoms with Gasteiger partial charge in [-0.1, -0.05) is 0 Å². The van der Waals surface area contributed by atoms with Gasteiger partial charge in [-0.25, -0.2) is 9.78 Å². The third-order valence-electron chi connectivity index (χ3n) is 3.27. The summed E-state index contributed by atoms with van der Waals surface area (Å²) < 4.78 is 5.50. The summed E-state index contributed by atoms with van der Waals surface area (Å²) in [5.74, 6) is -0.249. The van der Waals surface area contributed by atoms with Crippen molar-refractivity contribution in [3.63, 3.8) is 0 Å². The molecule has 0 saturated carbocycles. The largest absolute Gasteiger partial charge is 0.453 e. The number of rotatable bonds is 4. The summed E-state index contributed by atoms with van der Waals surface area (Å²) in [6.45, 7) is 0.181. The van der Waals surface area contributed by atoms with Crippen molar-refractivity contribution >= 4 is 39.2 Å². The molecule has 7 nitrogen and oxygen atoms in total. The van der Waals surface area contributed by atoms with Crippen molar-refractivity contribution in [1.82, 2.24) is 15.3 Å². The summed E-state index contributed by atoms with van der Waals surface area (Å²) in [6, 6.07) is 8.78. The highest BCUT2D eigenvalue weighted by Gasteiger charge is 2.09. The molecule has 0 atom stereocenters. The topological polar surface area (TPSA) is 93.2 Å². The van der Waals surface area contributed by atoms with Gasteiger partial charge in [-0.2, -0.15) is 0 Å². The minimum Gasteiger partial charge on any atom is -0.453 e. The van der Waals surface area contributed by atoms with Crippen LogP contribution in [0.3, 0.4) is 0 Å². The number of carbonyl (C=O) groups is 2. The Morgan fingerprint density at radius 1 is 1.21 bits per heavy atom. The number of nitrogens with zero attached hydrogens (tertiary/aromatic N) is 2. The van der Waals surface area contributed by atoms with Crippen LogP contribution in [-0.2, 0) is 11.3 Å². The van der Waals surface area contributed by atoms with Crippen LogP contribution in [-0.4, -0.2) is 29.1 Å². The normalized spacial score (nSPS) is 10.4. The number of nitrogens with one attached hydrogen (secondary N) is 2. The van der Waals surface area contributed by atoms with Gasteiger partial charge in [-0.15, -0.1) is 11.3 Å². The molecular formula is C16H14N4O3S.